The number of aldehydes is 1. The van der Waals surface area contributed by atoms with E-state index in [4.69, 9.17) is 26.5 Å². The molecule has 6 N–H and O–H groups in total. The first-order valence-electron chi connectivity index (χ1n) is 8.15. The van der Waals surface area contributed by atoms with E-state index in [1.165, 1.54) is 11.2 Å². The number of furan rings is 1. The number of hydrogen-bond acceptors (Lipinski definition) is 7. The van der Waals surface area contributed by atoms with Crippen LogP contribution in [0.4, 0.5) is 11.4 Å². The number of nitrogens with zero attached hydrogens (tertiary/aromatic N) is 1. The number of nitrogen functional groups attached to an aromatic ring is 1. The largest absolute Gasteiger partial charge is 0.497 e. The van der Waals surface area contributed by atoms with Gasteiger partial charge >= 0.3 is 0 Å². The van der Waals surface area contributed by atoms with E-state index in [1.807, 2.05) is 36.4 Å². The second-order valence-electron chi connectivity index (χ2n) is 5.50. The molecule has 8 heteroatoms. The fourth-order valence-electron chi connectivity index (χ4n) is 2.24. The molecule has 3 rings (SSSR count). The summed E-state index contributed by atoms with van der Waals surface area (Å²) < 4.78 is 10.5. The summed E-state index contributed by atoms with van der Waals surface area (Å²) in [6.07, 6.45) is 2.13. The van der Waals surface area contributed by atoms with Crippen LogP contribution in [0.1, 0.15) is 16.1 Å². The van der Waals surface area contributed by atoms with E-state index >= 15 is 0 Å². The number of carbonyl (C=O) groups is 1. The second kappa shape index (κ2) is 10.2. The Bertz CT molecular complexity index is 921. The molecular formula is C20H21BrN4O3. The van der Waals surface area contributed by atoms with Crippen LogP contribution in [0.5, 0.6) is 5.75 Å². The van der Waals surface area contributed by atoms with Gasteiger partial charge in [0.05, 0.1) is 18.5 Å². The lowest BCUT2D eigenvalue weighted by molar-refractivity contribution is 0.109. The minimum absolute atomic E-state index is 0.344. The van der Waals surface area contributed by atoms with Crippen LogP contribution in [-0.4, -0.2) is 13.4 Å². The van der Waals surface area contributed by atoms with Gasteiger partial charge in [-0.1, -0.05) is 0 Å². The third kappa shape index (κ3) is 5.63. The Morgan fingerprint density at radius 1 is 1.07 bits per heavy atom. The molecule has 0 aliphatic heterocycles. The van der Waals surface area contributed by atoms with Crippen molar-refractivity contribution in [3.05, 3.63) is 82.9 Å². The molecule has 28 heavy (non-hydrogen) atoms. The predicted octanol–water partition coefficient (Wildman–Crippen LogP) is 3.77. The minimum atomic E-state index is 0.344. The predicted molar refractivity (Wildman–Crippen MR) is 114 cm³/mol. The first-order chi connectivity index (χ1) is 13.5. The van der Waals surface area contributed by atoms with Crippen LogP contribution in [0.3, 0.4) is 0 Å². The van der Waals surface area contributed by atoms with E-state index in [0.717, 1.165) is 17.0 Å². The number of anilines is 2. The minimum Gasteiger partial charge on any atom is -0.497 e. The van der Waals surface area contributed by atoms with Crippen LogP contribution in [0.15, 0.2) is 76.0 Å². The van der Waals surface area contributed by atoms with E-state index in [-0.39, 0.29) is 0 Å². The molecule has 7 nitrogen and oxygen atoms in total. The van der Waals surface area contributed by atoms with Crippen molar-refractivity contribution in [3.63, 3.8) is 0 Å². The molecule has 0 aliphatic rings. The highest BCUT2D eigenvalue weighted by atomic mass is 79.9. The molecule has 2 aromatic carbocycles. The summed E-state index contributed by atoms with van der Waals surface area (Å²) in [7, 11) is 1.62. The number of benzene rings is 2. The lowest BCUT2D eigenvalue weighted by atomic mass is 10.1. The Morgan fingerprint density at radius 2 is 1.71 bits per heavy atom. The molecule has 3 aromatic rings. The Labute approximate surface area is 171 Å². The molecule has 0 atom stereocenters. The maximum atomic E-state index is 9.91. The van der Waals surface area contributed by atoms with Gasteiger partial charge in [-0.25, -0.2) is 5.84 Å². The number of hydrogen-bond donors (Lipinski definition) is 3. The molecule has 0 amide bonds. The average molecular weight is 445 g/mol. The van der Waals surface area contributed by atoms with E-state index in [9.17, 15) is 4.79 Å². The molecule has 1 aromatic heterocycles. The Hall–Kier alpha value is -3.23. The van der Waals surface area contributed by atoms with E-state index in [2.05, 4.69) is 15.9 Å². The molecule has 0 spiro atoms. The third-order valence-electron chi connectivity index (χ3n) is 3.68. The van der Waals surface area contributed by atoms with Crippen molar-refractivity contribution >= 4 is 39.3 Å². The van der Waals surface area contributed by atoms with Crippen molar-refractivity contribution in [1.29, 1.82) is 0 Å². The molecular weight excluding hydrogens is 424 g/mol. The third-order valence-corrected chi connectivity index (χ3v) is 4.11. The maximum Gasteiger partial charge on any atom is 0.185 e. The van der Waals surface area contributed by atoms with Gasteiger partial charge in [0.15, 0.2) is 16.7 Å². The van der Waals surface area contributed by atoms with Crippen LogP contribution in [-0.2, 0) is 0 Å². The molecule has 0 radical (unpaired) electrons. The number of hydrazine groups is 1. The summed E-state index contributed by atoms with van der Waals surface area (Å²) in [5, 5.41) is 1.52. The van der Waals surface area contributed by atoms with Gasteiger partial charge in [0.2, 0.25) is 0 Å². The molecule has 0 bridgehead atoms. The van der Waals surface area contributed by atoms with Gasteiger partial charge < -0.3 is 20.6 Å². The lowest BCUT2D eigenvalue weighted by Crippen LogP contribution is -2.29. The van der Waals surface area contributed by atoms with Crippen LogP contribution in [0.25, 0.3) is 5.70 Å². The van der Waals surface area contributed by atoms with Crippen molar-refractivity contribution in [2.45, 2.75) is 0 Å². The van der Waals surface area contributed by atoms with Crippen molar-refractivity contribution in [2.75, 3.05) is 17.9 Å². The highest BCUT2D eigenvalue weighted by Gasteiger charge is 2.10. The molecule has 0 aliphatic carbocycles. The highest BCUT2D eigenvalue weighted by molar-refractivity contribution is 9.10. The van der Waals surface area contributed by atoms with Crippen molar-refractivity contribution in [3.8, 4) is 5.75 Å². The van der Waals surface area contributed by atoms with E-state index < -0.39 is 0 Å². The van der Waals surface area contributed by atoms with Gasteiger partial charge in [-0.3, -0.25) is 9.80 Å². The van der Waals surface area contributed by atoms with Crippen LogP contribution in [0.2, 0.25) is 0 Å². The maximum absolute atomic E-state index is 9.91. The molecule has 146 valence electrons. The van der Waals surface area contributed by atoms with Crippen LogP contribution in [0, 0.1) is 0 Å². The number of rotatable bonds is 5. The lowest BCUT2D eigenvalue weighted by Gasteiger charge is -2.22. The fourth-order valence-corrected chi connectivity index (χ4v) is 2.56. The van der Waals surface area contributed by atoms with E-state index in [1.54, 1.807) is 31.4 Å². The van der Waals surface area contributed by atoms with Gasteiger partial charge in [0.1, 0.15) is 5.75 Å². The van der Waals surface area contributed by atoms with Crippen molar-refractivity contribution < 1.29 is 13.9 Å². The monoisotopic (exact) mass is 444 g/mol. The average Bonchev–Trinajstić information content (AvgIpc) is 3.15. The molecule has 0 saturated heterocycles. The zero-order chi connectivity index (χ0) is 20.5. The number of carbonyl (C=O) groups excluding carboxylic acids is 1. The topological polar surface area (TPSA) is 121 Å². The number of methoxy groups -OCH3 is 1. The Kier molecular flexibility index (Phi) is 7.67. The summed E-state index contributed by atoms with van der Waals surface area (Å²) >= 11 is 3.05. The summed E-state index contributed by atoms with van der Waals surface area (Å²) in [6.45, 7) is 0. The first kappa shape index (κ1) is 21.1. The van der Waals surface area contributed by atoms with Gasteiger partial charge in [0, 0.05) is 17.5 Å². The summed E-state index contributed by atoms with van der Waals surface area (Å²) in [5.41, 5.74) is 14.4. The van der Waals surface area contributed by atoms with Gasteiger partial charge in [-0.2, -0.15) is 0 Å². The first-order valence-corrected chi connectivity index (χ1v) is 8.95. The molecule has 0 fully saturated rings. The van der Waals surface area contributed by atoms with Crippen LogP contribution < -0.4 is 27.1 Å². The number of halogens is 1. The summed E-state index contributed by atoms with van der Waals surface area (Å²) in [5.74, 6) is 7.24. The Balaban J connectivity index is 0.000000292. The number of ether oxygens (including phenoxy) is 1. The second-order valence-corrected chi connectivity index (χ2v) is 6.28. The van der Waals surface area contributed by atoms with Gasteiger partial charge in [-0.05, 0) is 76.6 Å². The molecule has 0 saturated carbocycles. The SMILES string of the molecule is COc1ccc(/C(=C/N)N(N)c2ccc(N)cc2)cc1.O=Cc1ccc(Br)o1. The quantitative estimate of drug-likeness (QED) is 0.237. The zero-order valence-electron chi connectivity index (χ0n) is 15.2. The van der Waals surface area contributed by atoms with Crippen molar-refractivity contribution in [1.82, 2.24) is 0 Å². The van der Waals surface area contributed by atoms with E-state index in [0.29, 0.717) is 28.1 Å². The van der Waals surface area contributed by atoms with Crippen LogP contribution >= 0.6 is 15.9 Å². The highest BCUT2D eigenvalue weighted by Crippen LogP contribution is 2.24. The fraction of sp³-hybridized carbons (Fsp3) is 0.0500. The van der Waals surface area contributed by atoms with Crippen molar-refractivity contribution in [2.24, 2.45) is 11.6 Å². The molecule has 0 unspecified atom stereocenters. The smallest absolute Gasteiger partial charge is 0.185 e. The normalized spacial score (nSPS) is 10.6. The summed E-state index contributed by atoms with van der Waals surface area (Å²) in [6, 6.07) is 18.0. The molecule has 1 heterocycles. The zero-order valence-corrected chi connectivity index (χ0v) is 16.8. The summed E-state index contributed by atoms with van der Waals surface area (Å²) in [4.78, 5) is 9.91. The number of nitrogens with two attached hydrogens (primary N) is 3. The van der Waals surface area contributed by atoms with Gasteiger partial charge in [-0.15, -0.1) is 0 Å². The Morgan fingerprint density at radius 3 is 2.14 bits per heavy atom. The van der Waals surface area contributed by atoms with Gasteiger partial charge in [0.25, 0.3) is 0 Å². The standard InChI is InChI=1S/C15H18N4O.C5H3BrO2/c1-20-14-8-2-11(3-9-14)15(10-16)19(18)13-6-4-12(17)5-7-13;6-5-2-1-4(3-7)8-5/h2-10H,16-18H2,1H3;1-3H/b15-10-;.